The van der Waals surface area contributed by atoms with Gasteiger partial charge in [0.1, 0.15) is 0 Å². The highest BCUT2D eigenvalue weighted by Gasteiger charge is 2.23. The van der Waals surface area contributed by atoms with Crippen LogP contribution in [0.4, 0.5) is 0 Å². The summed E-state index contributed by atoms with van der Waals surface area (Å²) in [4.78, 5) is 10.1. The van der Waals surface area contributed by atoms with Gasteiger partial charge in [0, 0.05) is 49.5 Å². The summed E-state index contributed by atoms with van der Waals surface area (Å²) in [5.74, 6) is 1.79. The van der Waals surface area contributed by atoms with Crippen molar-refractivity contribution in [2.24, 2.45) is 0 Å². The van der Waals surface area contributed by atoms with Gasteiger partial charge >= 0.3 is 0 Å². The summed E-state index contributed by atoms with van der Waals surface area (Å²) >= 11 is 0. The molecule has 2 aliphatic rings. The minimum absolute atomic E-state index is 0.398. The number of nitrogens with one attached hydrogen (secondary N) is 2. The van der Waals surface area contributed by atoms with E-state index in [1.165, 1.54) is 33.9 Å². The molecule has 2 aliphatic heterocycles. The Morgan fingerprint density at radius 1 is 0.853 bits per heavy atom. The predicted octanol–water partition coefficient (Wildman–Crippen LogP) is 4.61. The Labute approximate surface area is 205 Å². The molecule has 0 amide bonds. The molecular formula is C28H42N4O2. The molecule has 0 radical (unpaired) electrons. The maximum Gasteiger partial charge on any atom is 0.0580 e. The van der Waals surface area contributed by atoms with Gasteiger partial charge in [-0.25, -0.2) is 0 Å². The second-order valence-electron chi connectivity index (χ2n) is 10.2. The van der Waals surface area contributed by atoms with Gasteiger partial charge in [0.25, 0.3) is 0 Å². The van der Waals surface area contributed by atoms with Gasteiger partial charge in [-0.2, -0.15) is 0 Å². The normalized spacial score (nSPS) is 21.4. The fraction of sp³-hybridized carbons (Fsp3) is 0.643. The van der Waals surface area contributed by atoms with Crippen LogP contribution in [0.3, 0.4) is 0 Å². The minimum atomic E-state index is 0.398. The predicted molar refractivity (Wildman–Crippen MR) is 136 cm³/mol. The lowest BCUT2D eigenvalue weighted by atomic mass is 9.94. The topological polar surface area (TPSA) is 68.3 Å². The van der Waals surface area contributed by atoms with Crippen molar-refractivity contribution in [3.8, 4) is 0 Å². The third-order valence-electron chi connectivity index (χ3n) is 7.29. The number of pyridine rings is 2. The van der Waals surface area contributed by atoms with Crippen LogP contribution in [-0.2, 0) is 22.6 Å². The molecule has 186 valence electrons. The quantitative estimate of drug-likeness (QED) is 0.472. The molecule has 6 nitrogen and oxygen atoms in total. The molecule has 0 saturated carbocycles. The molecule has 2 saturated heterocycles. The van der Waals surface area contributed by atoms with E-state index in [-0.39, 0.29) is 0 Å². The van der Waals surface area contributed by atoms with Crippen LogP contribution < -0.4 is 10.6 Å². The summed E-state index contributed by atoms with van der Waals surface area (Å²) in [6, 6.07) is 8.99. The standard InChI is InChI=1S/C28H42N4O2/c1-19(2)25-7-5-24(22-11-14-34-18-22)28(31-25)16-30-12-9-20(3)26-8-6-23(21-10-13-33-17-21)27(32-26)15-29-4/h5-8,19-22,29-30H,9-18H2,1-4H3/t20?,21-,22?/m1/s1. The van der Waals surface area contributed by atoms with E-state index in [1.54, 1.807) is 0 Å². The Morgan fingerprint density at radius 2 is 1.44 bits per heavy atom. The molecule has 2 N–H and O–H groups in total. The van der Waals surface area contributed by atoms with Crippen molar-refractivity contribution in [1.82, 2.24) is 20.6 Å². The molecule has 0 aliphatic carbocycles. The van der Waals surface area contributed by atoms with Crippen molar-refractivity contribution in [3.05, 3.63) is 58.2 Å². The fourth-order valence-electron chi connectivity index (χ4n) is 5.08. The molecule has 2 aromatic heterocycles. The van der Waals surface area contributed by atoms with Gasteiger partial charge in [0.15, 0.2) is 0 Å². The van der Waals surface area contributed by atoms with Crippen molar-refractivity contribution in [3.63, 3.8) is 0 Å². The van der Waals surface area contributed by atoms with E-state index in [0.717, 1.165) is 65.3 Å². The van der Waals surface area contributed by atoms with E-state index < -0.39 is 0 Å². The maximum atomic E-state index is 5.65. The van der Waals surface area contributed by atoms with Gasteiger partial charge in [-0.15, -0.1) is 0 Å². The van der Waals surface area contributed by atoms with Crippen molar-refractivity contribution in [2.45, 2.75) is 76.8 Å². The van der Waals surface area contributed by atoms with Crippen LogP contribution in [0, 0.1) is 0 Å². The Morgan fingerprint density at radius 3 is 2.00 bits per heavy atom. The SMILES string of the molecule is CNCc1nc(C(C)CCNCc2nc(C(C)C)ccc2C2CCOC2)ccc1[C@@H]1CCOC1. The average molecular weight is 467 g/mol. The van der Waals surface area contributed by atoms with Crippen molar-refractivity contribution < 1.29 is 9.47 Å². The molecule has 34 heavy (non-hydrogen) atoms. The van der Waals surface area contributed by atoms with Gasteiger partial charge in [0.2, 0.25) is 0 Å². The molecule has 3 atom stereocenters. The lowest BCUT2D eigenvalue weighted by Crippen LogP contribution is -2.20. The zero-order valence-corrected chi connectivity index (χ0v) is 21.4. The number of aromatic nitrogens is 2. The third kappa shape index (κ3) is 6.22. The first-order valence-electron chi connectivity index (χ1n) is 13.1. The lowest BCUT2D eigenvalue weighted by Gasteiger charge is -2.19. The van der Waals surface area contributed by atoms with Crippen LogP contribution in [0.1, 0.15) is 97.6 Å². The molecule has 6 heteroatoms. The van der Waals surface area contributed by atoms with E-state index in [9.17, 15) is 0 Å². The largest absolute Gasteiger partial charge is 0.381 e. The Kier molecular flexibility index (Phi) is 9.06. The lowest BCUT2D eigenvalue weighted by molar-refractivity contribution is 0.193. The van der Waals surface area contributed by atoms with E-state index in [4.69, 9.17) is 19.4 Å². The smallest absolute Gasteiger partial charge is 0.0580 e. The highest BCUT2D eigenvalue weighted by Crippen LogP contribution is 2.30. The van der Waals surface area contributed by atoms with E-state index in [1.807, 2.05) is 7.05 Å². The number of hydrogen-bond acceptors (Lipinski definition) is 6. The monoisotopic (exact) mass is 466 g/mol. The van der Waals surface area contributed by atoms with Crippen LogP contribution in [-0.4, -0.2) is 50.0 Å². The second kappa shape index (κ2) is 12.2. The van der Waals surface area contributed by atoms with Crippen molar-refractivity contribution in [1.29, 1.82) is 0 Å². The van der Waals surface area contributed by atoms with E-state index in [2.05, 4.69) is 55.7 Å². The molecular weight excluding hydrogens is 424 g/mol. The van der Waals surface area contributed by atoms with Crippen molar-refractivity contribution >= 4 is 0 Å². The summed E-state index contributed by atoms with van der Waals surface area (Å²) in [7, 11) is 1.99. The number of nitrogens with zero attached hydrogens (tertiary/aromatic N) is 2. The van der Waals surface area contributed by atoms with E-state index in [0.29, 0.717) is 23.7 Å². The molecule has 2 fully saturated rings. The van der Waals surface area contributed by atoms with Crippen LogP contribution in [0.15, 0.2) is 24.3 Å². The molecule has 2 unspecified atom stereocenters. The molecule has 0 spiro atoms. The van der Waals surface area contributed by atoms with Crippen LogP contribution in [0.25, 0.3) is 0 Å². The first-order valence-corrected chi connectivity index (χ1v) is 13.1. The van der Waals surface area contributed by atoms with Gasteiger partial charge in [-0.1, -0.05) is 32.9 Å². The summed E-state index contributed by atoms with van der Waals surface area (Å²) in [5, 5.41) is 6.96. The molecule has 4 rings (SSSR count). The zero-order chi connectivity index (χ0) is 23.9. The zero-order valence-electron chi connectivity index (χ0n) is 21.4. The molecule has 0 bridgehead atoms. The Bertz CT molecular complexity index is 921. The van der Waals surface area contributed by atoms with E-state index >= 15 is 0 Å². The Hall–Kier alpha value is -1.86. The highest BCUT2D eigenvalue weighted by molar-refractivity contribution is 5.30. The average Bonchev–Trinajstić information content (AvgIpc) is 3.56. The van der Waals surface area contributed by atoms with Gasteiger partial charge < -0.3 is 20.1 Å². The Balaban J connectivity index is 1.36. The van der Waals surface area contributed by atoms with Crippen molar-refractivity contribution in [2.75, 3.05) is 40.0 Å². The summed E-state index contributed by atoms with van der Waals surface area (Å²) in [6.45, 7) is 12.6. The summed E-state index contributed by atoms with van der Waals surface area (Å²) < 4.78 is 11.3. The number of rotatable bonds is 11. The third-order valence-corrected chi connectivity index (χ3v) is 7.29. The molecule has 4 heterocycles. The molecule has 2 aromatic rings. The minimum Gasteiger partial charge on any atom is -0.381 e. The van der Waals surface area contributed by atoms with Gasteiger partial charge in [0.05, 0.1) is 24.6 Å². The molecule has 0 aromatic carbocycles. The summed E-state index contributed by atoms with van der Waals surface area (Å²) in [5.41, 5.74) is 7.41. The number of ether oxygens (including phenoxy) is 2. The van der Waals surface area contributed by atoms with Gasteiger partial charge in [-0.3, -0.25) is 9.97 Å². The van der Waals surface area contributed by atoms with Crippen LogP contribution >= 0.6 is 0 Å². The maximum absolute atomic E-state index is 5.65. The highest BCUT2D eigenvalue weighted by atomic mass is 16.5. The second-order valence-corrected chi connectivity index (χ2v) is 10.2. The summed E-state index contributed by atoms with van der Waals surface area (Å²) in [6.07, 6.45) is 3.23. The fourth-order valence-corrected chi connectivity index (χ4v) is 5.08. The van der Waals surface area contributed by atoms with Gasteiger partial charge in [-0.05, 0) is 68.0 Å². The first-order chi connectivity index (χ1) is 16.6. The number of hydrogen-bond donors (Lipinski definition) is 2. The van der Waals surface area contributed by atoms with Crippen LogP contribution in [0.5, 0.6) is 0 Å². The van der Waals surface area contributed by atoms with Crippen LogP contribution in [0.2, 0.25) is 0 Å². The first kappa shape index (κ1) is 25.2.